The van der Waals surface area contributed by atoms with Gasteiger partial charge in [0.15, 0.2) is 0 Å². The van der Waals surface area contributed by atoms with Crippen LogP contribution in [0, 0.1) is 5.92 Å². The first-order valence-electron chi connectivity index (χ1n) is 5.94. The minimum Gasteiger partial charge on any atom is -0.463 e. The lowest BCUT2D eigenvalue weighted by Crippen LogP contribution is -2.45. The zero-order valence-corrected chi connectivity index (χ0v) is 10.2. The first-order valence-corrected chi connectivity index (χ1v) is 5.94. The molecule has 0 saturated carbocycles. The van der Waals surface area contributed by atoms with Crippen molar-refractivity contribution in [2.45, 2.75) is 26.3 Å². The van der Waals surface area contributed by atoms with E-state index in [1.807, 2.05) is 6.08 Å². The van der Waals surface area contributed by atoms with Crippen LogP contribution in [0.25, 0.3) is 0 Å². The number of rotatable bonds is 4. The largest absolute Gasteiger partial charge is 0.463 e. The smallest absolute Gasteiger partial charge is 0.330 e. The van der Waals surface area contributed by atoms with Crippen LogP contribution >= 0.6 is 0 Å². The molecule has 92 valence electrons. The first kappa shape index (κ1) is 13.2. The molecule has 0 bridgehead atoms. The van der Waals surface area contributed by atoms with E-state index in [1.54, 1.807) is 6.92 Å². The minimum atomic E-state index is -0.260. The SMILES string of the molecule is CCOC(=O)/C=C/CN1CCC(N)C(C)C1. The highest BCUT2D eigenvalue weighted by Crippen LogP contribution is 2.14. The van der Waals surface area contributed by atoms with E-state index in [1.165, 1.54) is 6.08 Å². The lowest BCUT2D eigenvalue weighted by atomic mass is 9.95. The third-order valence-corrected chi connectivity index (χ3v) is 2.96. The summed E-state index contributed by atoms with van der Waals surface area (Å²) < 4.78 is 4.81. The predicted molar refractivity (Wildman–Crippen MR) is 64.0 cm³/mol. The van der Waals surface area contributed by atoms with Crippen molar-refractivity contribution in [2.75, 3.05) is 26.2 Å². The van der Waals surface area contributed by atoms with E-state index in [-0.39, 0.29) is 5.97 Å². The maximum absolute atomic E-state index is 11.1. The molecule has 0 aromatic heterocycles. The topological polar surface area (TPSA) is 55.6 Å². The molecule has 0 aromatic carbocycles. The van der Waals surface area contributed by atoms with E-state index in [0.29, 0.717) is 18.6 Å². The second-order valence-corrected chi connectivity index (χ2v) is 4.34. The molecule has 0 aliphatic carbocycles. The number of esters is 1. The fourth-order valence-electron chi connectivity index (χ4n) is 1.90. The Morgan fingerprint density at radius 3 is 3.00 bits per heavy atom. The molecule has 2 unspecified atom stereocenters. The molecule has 2 N–H and O–H groups in total. The van der Waals surface area contributed by atoms with E-state index >= 15 is 0 Å². The molecule has 1 aliphatic rings. The summed E-state index contributed by atoms with van der Waals surface area (Å²) in [5.74, 6) is 0.272. The number of ether oxygens (including phenoxy) is 1. The van der Waals surface area contributed by atoms with Crippen molar-refractivity contribution in [3.8, 4) is 0 Å². The van der Waals surface area contributed by atoms with Gasteiger partial charge in [0.2, 0.25) is 0 Å². The summed E-state index contributed by atoms with van der Waals surface area (Å²) in [5.41, 5.74) is 5.94. The van der Waals surface area contributed by atoms with Gasteiger partial charge < -0.3 is 10.5 Å². The molecule has 1 heterocycles. The summed E-state index contributed by atoms with van der Waals surface area (Å²) in [7, 11) is 0. The van der Waals surface area contributed by atoms with Crippen LogP contribution in [0.2, 0.25) is 0 Å². The molecular weight excluding hydrogens is 204 g/mol. The lowest BCUT2D eigenvalue weighted by molar-refractivity contribution is -0.137. The number of nitrogens with zero attached hydrogens (tertiary/aromatic N) is 1. The molecule has 4 heteroatoms. The van der Waals surface area contributed by atoms with E-state index in [0.717, 1.165) is 26.1 Å². The highest BCUT2D eigenvalue weighted by molar-refractivity contribution is 5.81. The number of nitrogens with two attached hydrogens (primary N) is 1. The van der Waals surface area contributed by atoms with Crippen LogP contribution < -0.4 is 5.73 Å². The van der Waals surface area contributed by atoms with Crippen molar-refractivity contribution in [3.63, 3.8) is 0 Å². The van der Waals surface area contributed by atoms with Crippen molar-refractivity contribution < 1.29 is 9.53 Å². The quantitative estimate of drug-likeness (QED) is 0.568. The molecule has 16 heavy (non-hydrogen) atoms. The molecule has 0 spiro atoms. The highest BCUT2D eigenvalue weighted by atomic mass is 16.5. The molecule has 4 nitrogen and oxygen atoms in total. The highest BCUT2D eigenvalue weighted by Gasteiger charge is 2.21. The second-order valence-electron chi connectivity index (χ2n) is 4.34. The Kier molecular flexibility index (Phi) is 5.49. The summed E-state index contributed by atoms with van der Waals surface area (Å²) in [6.07, 6.45) is 4.40. The molecule has 0 radical (unpaired) electrons. The van der Waals surface area contributed by atoms with Gasteiger partial charge in [0.05, 0.1) is 6.61 Å². The summed E-state index contributed by atoms with van der Waals surface area (Å²) in [4.78, 5) is 13.4. The molecular formula is C12H22N2O2. The summed E-state index contributed by atoms with van der Waals surface area (Å²) in [5, 5.41) is 0. The Balaban J connectivity index is 2.25. The van der Waals surface area contributed by atoms with Gasteiger partial charge in [0.1, 0.15) is 0 Å². The Hall–Kier alpha value is -0.870. The Labute approximate surface area is 97.4 Å². The van der Waals surface area contributed by atoms with E-state index in [4.69, 9.17) is 10.5 Å². The zero-order chi connectivity index (χ0) is 12.0. The van der Waals surface area contributed by atoms with Crippen LogP contribution in [-0.2, 0) is 9.53 Å². The zero-order valence-electron chi connectivity index (χ0n) is 10.2. The van der Waals surface area contributed by atoms with Gasteiger partial charge in [0.25, 0.3) is 0 Å². The third kappa shape index (κ3) is 4.33. The fraction of sp³-hybridized carbons (Fsp3) is 0.750. The summed E-state index contributed by atoms with van der Waals surface area (Å²) in [6, 6.07) is 0.324. The van der Waals surface area contributed by atoms with Crippen molar-refractivity contribution in [3.05, 3.63) is 12.2 Å². The van der Waals surface area contributed by atoms with E-state index in [9.17, 15) is 4.79 Å². The number of hydrogen-bond acceptors (Lipinski definition) is 4. The van der Waals surface area contributed by atoms with Gasteiger partial charge in [-0.25, -0.2) is 4.79 Å². The predicted octanol–water partition coefficient (Wildman–Crippen LogP) is 0.775. The van der Waals surface area contributed by atoms with Crippen LogP contribution in [0.4, 0.5) is 0 Å². The molecule has 0 aromatic rings. The molecule has 1 rings (SSSR count). The average Bonchev–Trinajstić information content (AvgIpc) is 2.24. The summed E-state index contributed by atoms with van der Waals surface area (Å²) in [6.45, 7) is 7.23. The Bertz CT molecular complexity index is 253. The molecule has 1 aliphatic heterocycles. The fourth-order valence-corrected chi connectivity index (χ4v) is 1.90. The van der Waals surface area contributed by atoms with Crippen molar-refractivity contribution in [1.82, 2.24) is 4.90 Å². The van der Waals surface area contributed by atoms with Gasteiger partial charge in [0, 0.05) is 25.2 Å². The van der Waals surface area contributed by atoms with Gasteiger partial charge in [-0.2, -0.15) is 0 Å². The minimum absolute atomic E-state index is 0.260. The Morgan fingerprint density at radius 1 is 1.62 bits per heavy atom. The van der Waals surface area contributed by atoms with Crippen LogP contribution in [-0.4, -0.2) is 43.2 Å². The van der Waals surface area contributed by atoms with E-state index in [2.05, 4.69) is 11.8 Å². The van der Waals surface area contributed by atoms with Crippen LogP contribution in [0.1, 0.15) is 20.3 Å². The first-order chi connectivity index (χ1) is 7.63. The summed E-state index contributed by atoms with van der Waals surface area (Å²) >= 11 is 0. The maximum Gasteiger partial charge on any atom is 0.330 e. The van der Waals surface area contributed by atoms with Crippen LogP contribution in [0.3, 0.4) is 0 Å². The number of likely N-dealkylation sites (tertiary alicyclic amines) is 1. The van der Waals surface area contributed by atoms with Gasteiger partial charge in [-0.1, -0.05) is 13.0 Å². The third-order valence-electron chi connectivity index (χ3n) is 2.96. The van der Waals surface area contributed by atoms with Crippen LogP contribution in [0.5, 0.6) is 0 Å². The monoisotopic (exact) mass is 226 g/mol. The molecule has 2 atom stereocenters. The molecule has 0 amide bonds. The van der Waals surface area contributed by atoms with Gasteiger partial charge >= 0.3 is 5.97 Å². The van der Waals surface area contributed by atoms with Gasteiger partial charge in [-0.3, -0.25) is 4.90 Å². The lowest BCUT2D eigenvalue weighted by Gasteiger charge is -2.34. The number of carbonyl (C=O) groups is 1. The standard InChI is InChI=1S/C12H22N2O2/c1-3-16-12(15)5-4-7-14-8-6-11(13)10(2)9-14/h4-5,10-11H,3,6-9,13H2,1-2H3/b5-4+. The number of piperidine rings is 1. The van der Waals surface area contributed by atoms with Crippen molar-refractivity contribution in [1.29, 1.82) is 0 Å². The normalized spacial score (nSPS) is 27.2. The van der Waals surface area contributed by atoms with Crippen molar-refractivity contribution >= 4 is 5.97 Å². The van der Waals surface area contributed by atoms with Crippen LogP contribution in [0.15, 0.2) is 12.2 Å². The van der Waals surface area contributed by atoms with Crippen molar-refractivity contribution in [2.24, 2.45) is 11.7 Å². The second kappa shape index (κ2) is 6.66. The number of carbonyl (C=O) groups excluding carboxylic acids is 1. The molecule has 1 saturated heterocycles. The van der Waals surface area contributed by atoms with Gasteiger partial charge in [-0.05, 0) is 25.8 Å². The maximum atomic E-state index is 11.1. The average molecular weight is 226 g/mol. The number of hydrogen-bond donors (Lipinski definition) is 1. The van der Waals surface area contributed by atoms with E-state index < -0.39 is 0 Å². The Morgan fingerprint density at radius 2 is 2.38 bits per heavy atom. The van der Waals surface area contributed by atoms with Gasteiger partial charge in [-0.15, -0.1) is 0 Å². The molecule has 1 fully saturated rings.